The van der Waals surface area contributed by atoms with Crippen molar-refractivity contribution in [1.29, 1.82) is 0 Å². The Morgan fingerprint density at radius 2 is 2.00 bits per heavy atom. The Balaban J connectivity index is 1.44. The highest BCUT2D eigenvalue weighted by Gasteiger charge is 2.25. The standard InChI is InChI=1S/C18H25N5O3S/c1-18(2,3)17(25)19-10-15(24)23-7-5-22(6-8-23)11-14-20-16(21-26-14)13-4-9-27-12-13/h4,9,12H,5-8,10-11H2,1-3H3,(H,19,25). The van der Waals surface area contributed by atoms with Crippen LogP contribution in [0.2, 0.25) is 0 Å². The van der Waals surface area contributed by atoms with E-state index in [9.17, 15) is 9.59 Å². The molecule has 8 nitrogen and oxygen atoms in total. The fraction of sp³-hybridized carbons (Fsp3) is 0.556. The fourth-order valence-electron chi connectivity index (χ4n) is 2.71. The van der Waals surface area contributed by atoms with E-state index in [0.29, 0.717) is 31.3 Å². The third-order valence-electron chi connectivity index (χ3n) is 4.41. The highest BCUT2D eigenvalue weighted by atomic mass is 32.1. The van der Waals surface area contributed by atoms with Gasteiger partial charge in [-0.1, -0.05) is 25.9 Å². The summed E-state index contributed by atoms with van der Waals surface area (Å²) in [5.41, 5.74) is 0.466. The maximum Gasteiger partial charge on any atom is 0.242 e. The van der Waals surface area contributed by atoms with Crippen LogP contribution in [0, 0.1) is 5.41 Å². The second-order valence-electron chi connectivity index (χ2n) is 7.61. The Kier molecular flexibility index (Phi) is 5.91. The normalized spacial score (nSPS) is 15.7. The molecule has 27 heavy (non-hydrogen) atoms. The molecule has 0 aliphatic carbocycles. The van der Waals surface area contributed by atoms with Gasteiger partial charge in [-0.25, -0.2) is 0 Å². The molecule has 2 aromatic rings. The number of thiophene rings is 1. The second kappa shape index (κ2) is 8.18. The van der Waals surface area contributed by atoms with E-state index in [-0.39, 0.29) is 18.4 Å². The van der Waals surface area contributed by atoms with E-state index in [1.807, 2.05) is 37.6 Å². The Morgan fingerprint density at radius 3 is 2.63 bits per heavy atom. The average Bonchev–Trinajstić information content (AvgIpc) is 3.30. The lowest BCUT2D eigenvalue weighted by Gasteiger charge is -2.34. The van der Waals surface area contributed by atoms with Gasteiger partial charge in [-0.05, 0) is 11.4 Å². The Labute approximate surface area is 162 Å². The van der Waals surface area contributed by atoms with Gasteiger partial charge in [0.25, 0.3) is 0 Å². The number of nitrogens with one attached hydrogen (secondary N) is 1. The van der Waals surface area contributed by atoms with Crippen molar-refractivity contribution in [2.75, 3.05) is 32.7 Å². The molecule has 1 aliphatic heterocycles. The zero-order chi connectivity index (χ0) is 19.4. The zero-order valence-electron chi connectivity index (χ0n) is 15.9. The molecule has 3 heterocycles. The topological polar surface area (TPSA) is 91.6 Å². The van der Waals surface area contributed by atoms with Gasteiger partial charge in [0.15, 0.2) is 0 Å². The third kappa shape index (κ3) is 5.14. The van der Waals surface area contributed by atoms with Crippen molar-refractivity contribution < 1.29 is 14.1 Å². The van der Waals surface area contributed by atoms with Crippen molar-refractivity contribution in [3.05, 3.63) is 22.7 Å². The minimum Gasteiger partial charge on any atom is -0.347 e. The molecule has 9 heteroatoms. The molecule has 146 valence electrons. The van der Waals surface area contributed by atoms with Gasteiger partial charge in [0.1, 0.15) is 0 Å². The quantitative estimate of drug-likeness (QED) is 0.833. The Hall–Kier alpha value is -2.26. The molecule has 0 unspecified atom stereocenters. The predicted molar refractivity (Wildman–Crippen MR) is 102 cm³/mol. The lowest BCUT2D eigenvalue weighted by atomic mass is 9.96. The molecule has 0 atom stereocenters. The molecule has 0 radical (unpaired) electrons. The van der Waals surface area contributed by atoms with Crippen LogP contribution in [0.3, 0.4) is 0 Å². The number of amides is 2. The van der Waals surface area contributed by atoms with Crippen LogP contribution in [0.5, 0.6) is 0 Å². The SMILES string of the molecule is CC(C)(C)C(=O)NCC(=O)N1CCN(Cc2nc(-c3ccsc3)no2)CC1. The molecule has 1 saturated heterocycles. The van der Waals surface area contributed by atoms with E-state index in [1.54, 1.807) is 16.2 Å². The predicted octanol–water partition coefficient (Wildman–Crippen LogP) is 1.60. The van der Waals surface area contributed by atoms with Gasteiger partial charge in [0, 0.05) is 42.5 Å². The summed E-state index contributed by atoms with van der Waals surface area (Å²) in [6.45, 7) is 8.80. The number of aromatic nitrogens is 2. The molecule has 0 spiro atoms. The first-order valence-corrected chi connectivity index (χ1v) is 9.91. The molecule has 1 N–H and O–H groups in total. The molecule has 0 bridgehead atoms. The molecular formula is C18H25N5O3S. The van der Waals surface area contributed by atoms with Gasteiger partial charge < -0.3 is 14.7 Å². The highest BCUT2D eigenvalue weighted by molar-refractivity contribution is 7.08. The van der Waals surface area contributed by atoms with Crippen LogP contribution in [0.15, 0.2) is 21.3 Å². The van der Waals surface area contributed by atoms with Crippen molar-refractivity contribution in [3.63, 3.8) is 0 Å². The number of carbonyl (C=O) groups is 2. The van der Waals surface area contributed by atoms with Gasteiger partial charge in [0.2, 0.25) is 23.5 Å². The van der Waals surface area contributed by atoms with E-state index in [4.69, 9.17) is 4.52 Å². The maximum absolute atomic E-state index is 12.3. The second-order valence-corrected chi connectivity index (χ2v) is 8.39. The molecule has 0 saturated carbocycles. The van der Waals surface area contributed by atoms with Crippen LogP contribution in [0.1, 0.15) is 26.7 Å². The molecule has 3 rings (SSSR count). The van der Waals surface area contributed by atoms with Crippen molar-refractivity contribution in [2.45, 2.75) is 27.3 Å². The van der Waals surface area contributed by atoms with Crippen LogP contribution in [0.4, 0.5) is 0 Å². The van der Waals surface area contributed by atoms with Gasteiger partial charge in [-0.2, -0.15) is 16.3 Å². The summed E-state index contributed by atoms with van der Waals surface area (Å²) in [5, 5.41) is 10.7. The number of hydrogen-bond donors (Lipinski definition) is 1. The summed E-state index contributed by atoms with van der Waals surface area (Å²) in [7, 11) is 0. The lowest BCUT2D eigenvalue weighted by Crippen LogP contribution is -2.51. The van der Waals surface area contributed by atoms with Crippen molar-refractivity contribution >= 4 is 23.2 Å². The smallest absolute Gasteiger partial charge is 0.242 e. The van der Waals surface area contributed by atoms with Crippen molar-refractivity contribution in [3.8, 4) is 11.4 Å². The molecule has 1 fully saturated rings. The fourth-order valence-corrected chi connectivity index (χ4v) is 3.34. The third-order valence-corrected chi connectivity index (χ3v) is 5.10. The van der Waals surface area contributed by atoms with Crippen LogP contribution >= 0.6 is 11.3 Å². The van der Waals surface area contributed by atoms with E-state index in [2.05, 4.69) is 20.4 Å². The van der Waals surface area contributed by atoms with Gasteiger partial charge in [0.05, 0.1) is 13.1 Å². The number of nitrogens with zero attached hydrogens (tertiary/aromatic N) is 4. The summed E-state index contributed by atoms with van der Waals surface area (Å²) in [4.78, 5) is 32.6. The summed E-state index contributed by atoms with van der Waals surface area (Å²) < 4.78 is 5.34. The number of hydrogen-bond acceptors (Lipinski definition) is 7. The first-order chi connectivity index (χ1) is 12.8. The summed E-state index contributed by atoms with van der Waals surface area (Å²) in [6.07, 6.45) is 0. The van der Waals surface area contributed by atoms with Crippen molar-refractivity contribution in [1.82, 2.24) is 25.3 Å². The van der Waals surface area contributed by atoms with E-state index in [1.165, 1.54) is 0 Å². The minimum atomic E-state index is -0.495. The first kappa shape index (κ1) is 19.5. The van der Waals surface area contributed by atoms with Crippen LogP contribution < -0.4 is 5.32 Å². The van der Waals surface area contributed by atoms with E-state index in [0.717, 1.165) is 18.7 Å². The number of carbonyl (C=O) groups excluding carboxylic acids is 2. The highest BCUT2D eigenvalue weighted by Crippen LogP contribution is 2.19. The van der Waals surface area contributed by atoms with Gasteiger partial charge in [-0.3, -0.25) is 14.5 Å². The van der Waals surface area contributed by atoms with E-state index >= 15 is 0 Å². The van der Waals surface area contributed by atoms with Gasteiger partial charge in [-0.15, -0.1) is 0 Å². The van der Waals surface area contributed by atoms with Crippen molar-refractivity contribution in [2.24, 2.45) is 5.41 Å². The minimum absolute atomic E-state index is 0.0454. The Bertz CT molecular complexity index is 773. The molecule has 1 aliphatic rings. The summed E-state index contributed by atoms with van der Waals surface area (Å²) in [6, 6.07) is 1.96. The van der Waals surface area contributed by atoms with Crippen LogP contribution in [0.25, 0.3) is 11.4 Å². The number of rotatable bonds is 5. The Morgan fingerprint density at radius 1 is 1.26 bits per heavy atom. The largest absolute Gasteiger partial charge is 0.347 e. The molecular weight excluding hydrogens is 366 g/mol. The average molecular weight is 391 g/mol. The molecule has 2 aromatic heterocycles. The molecule has 2 amide bonds. The van der Waals surface area contributed by atoms with E-state index < -0.39 is 5.41 Å². The monoisotopic (exact) mass is 391 g/mol. The zero-order valence-corrected chi connectivity index (χ0v) is 16.7. The van der Waals surface area contributed by atoms with Crippen LogP contribution in [-0.4, -0.2) is 64.5 Å². The first-order valence-electron chi connectivity index (χ1n) is 8.96. The summed E-state index contributed by atoms with van der Waals surface area (Å²) in [5.74, 6) is 1.01. The maximum atomic E-state index is 12.3. The number of piperazine rings is 1. The summed E-state index contributed by atoms with van der Waals surface area (Å²) >= 11 is 1.59. The molecule has 0 aromatic carbocycles. The lowest BCUT2D eigenvalue weighted by molar-refractivity contribution is -0.136. The van der Waals surface area contributed by atoms with Gasteiger partial charge >= 0.3 is 0 Å². The van der Waals surface area contributed by atoms with Crippen LogP contribution in [-0.2, 0) is 16.1 Å².